The van der Waals surface area contributed by atoms with Gasteiger partial charge in [-0.15, -0.1) is 0 Å². The summed E-state index contributed by atoms with van der Waals surface area (Å²) < 4.78 is 40.3. The van der Waals surface area contributed by atoms with Gasteiger partial charge < -0.3 is 10.2 Å². The van der Waals surface area contributed by atoms with Crippen LogP contribution >= 0.6 is 0 Å². The van der Waals surface area contributed by atoms with Gasteiger partial charge in [-0.25, -0.2) is 12.8 Å². The molecule has 152 valence electrons. The van der Waals surface area contributed by atoms with Gasteiger partial charge in [0.15, 0.2) is 0 Å². The van der Waals surface area contributed by atoms with Gasteiger partial charge in [0.1, 0.15) is 5.82 Å². The number of nitrogens with zero attached hydrogens (tertiary/aromatic N) is 2. The Balaban J connectivity index is 1.48. The first kappa shape index (κ1) is 19.5. The summed E-state index contributed by atoms with van der Waals surface area (Å²) >= 11 is 0. The van der Waals surface area contributed by atoms with Gasteiger partial charge in [0.2, 0.25) is 21.8 Å². The molecule has 29 heavy (non-hydrogen) atoms. The van der Waals surface area contributed by atoms with Gasteiger partial charge in [-0.3, -0.25) is 9.59 Å². The smallest absolute Gasteiger partial charge is 0.243 e. The number of rotatable bonds is 3. The number of carbonyl (C=O) groups is 2. The molecule has 4 rings (SSSR count). The molecule has 1 saturated heterocycles. The Morgan fingerprint density at radius 1 is 1.03 bits per heavy atom. The number of hydrogen-bond acceptors (Lipinski definition) is 4. The fraction of sp³-hybridized carbons (Fsp3) is 0.300. The number of benzene rings is 2. The Morgan fingerprint density at radius 2 is 1.72 bits per heavy atom. The quantitative estimate of drug-likeness (QED) is 0.825. The molecule has 2 aromatic rings. The summed E-state index contributed by atoms with van der Waals surface area (Å²) in [5, 5.41) is 2.60. The predicted molar refractivity (Wildman–Crippen MR) is 104 cm³/mol. The number of anilines is 1. The zero-order chi connectivity index (χ0) is 20.6. The maximum Gasteiger partial charge on any atom is 0.243 e. The number of sulfonamides is 1. The molecule has 9 heteroatoms. The van der Waals surface area contributed by atoms with Crippen LogP contribution in [0.3, 0.4) is 0 Å². The van der Waals surface area contributed by atoms with Crippen molar-refractivity contribution in [1.82, 2.24) is 9.21 Å². The summed E-state index contributed by atoms with van der Waals surface area (Å²) in [5.74, 6) is -1.77. The third-order valence-corrected chi connectivity index (χ3v) is 7.20. The van der Waals surface area contributed by atoms with E-state index in [1.54, 1.807) is 35.2 Å². The molecule has 2 aromatic carbocycles. The average molecular weight is 417 g/mol. The summed E-state index contributed by atoms with van der Waals surface area (Å²) in [4.78, 5) is 26.8. The van der Waals surface area contributed by atoms with E-state index in [2.05, 4.69) is 5.32 Å². The van der Waals surface area contributed by atoms with Crippen molar-refractivity contribution in [2.45, 2.75) is 17.2 Å². The Bertz CT molecular complexity index is 1050. The molecule has 0 radical (unpaired) electrons. The van der Waals surface area contributed by atoms with Crippen molar-refractivity contribution in [3.05, 3.63) is 59.9 Å². The van der Waals surface area contributed by atoms with Gasteiger partial charge in [0, 0.05) is 38.3 Å². The van der Waals surface area contributed by atoms with E-state index in [4.69, 9.17) is 0 Å². The highest BCUT2D eigenvalue weighted by atomic mass is 32.2. The third kappa shape index (κ3) is 3.75. The molecular formula is C20H20FN3O4S. The minimum atomic E-state index is -3.61. The summed E-state index contributed by atoms with van der Waals surface area (Å²) in [6, 6.07) is 12.2. The molecule has 1 N–H and O–H groups in total. The zero-order valence-corrected chi connectivity index (χ0v) is 16.4. The van der Waals surface area contributed by atoms with Crippen LogP contribution in [0, 0.1) is 5.82 Å². The van der Waals surface area contributed by atoms with Gasteiger partial charge in [-0.05, 0) is 29.8 Å². The highest BCUT2D eigenvalue weighted by molar-refractivity contribution is 7.89. The van der Waals surface area contributed by atoms with Crippen LogP contribution in [0.25, 0.3) is 0 Å². The van der Waals surface area contributed by atoms with Crippen molar-refractivity contribution in [2.24, 2.45) is 0 Å². The number of hydrogen-bond donors (Lipinski definition) is 1. The van der Waals surface area contributed by atoms with Crippen LogP contribution in [-0.4, -0.2) is 55.6 Å². The molecule has 1 atom stereocenters. The molecular weight excluding hydrogens is 397 g/mol. The Kier molecular flexibility index (Phi) is 5.10. The van der Waals surface area contributed by atoms with Crippen LogP contribution in [0.5, 0.6) is 0 Å². The molecule has 0 saturated carbocycles. The summed E-state index contributed by atoms with van der Waals surface area (Å²) in [5.41, 5.74) is 0.889. The molecule has 0 aromatic heterocycles. The second-order valence-electron chi connectivity index (χ2n) is 7.08. The fourth-order valence-electron chi connectivity index (χ4n) is 3.77. The van der Waals surface area contributed by atoms with Crippen LogP contribution in [0.1, 0.15) is 17.9 Å². The molecule has 2 aliphatic rings. The summed E-state index contributed by atoms with van der Waals surface area (Å²) in [7, 11) is -3.61. The van der Waals surface area contributed by atoms with E-state index in [-0.39, 0.29) is 49.3 Å². The van der Waals surface area contributed by atoms with E-state index >= 15 is 0 Å². The molecule has 1 fully saturated rings. The zero-order valence-electron chi connectivity index (χ0n) is 15.5. The monoisotopic (exact) mass is 417 g/mol. The molecule has 0 unspecified atom stereocenters. The van der Waals surface area contributed by atoms with E-state index in [0.717, 1.165) is 0 Å². The standard InChI is InChI=1S/C20H20FN3O4S/c21-14-6-7-16-17(13-19(25)22-18(16)12-14)20(26)23-8-10-24(11-9-23)29(27,28)15-4-2-1-3-5-15/h1-7,12,17H,8-11,13H2,(H,22,25)/t17-/m0/s1. The molecule has 2 amide bonds. The van der Waals surface area contributed by atoms with E-state index in [0.29, 0.717) is 11.3 Å². The number of amides is 2. The number of halogens is 1. The molecule has 2 heterocycles. The van der Waals surface area contributed by atoms with Crippen molar-refractivity contribution >= 4 is 27.5 Å². The third-order valence-electron chi connectivity index (χ3n) is 5.28. The lowest BCUT2D eigenvalue weighted by atomic mass is 9.89. The van der Waals surface area contributed by atoms with E-state index in [1.807, 2.05) is 0 Å². The molecule has 7 nitrogen and oxygen atoms in total. The lowest BCUT2D eigenvalue weighted by Crippen LogP contribution is -2.52. The average Bonchev–Trinajstić information content (AvgIpc) is 2.73. The van der Waals surface area contributed by atoms with Crippen LogP contribution in [0.2, 0.25) is 0 Å². The number of carbonyl (C=O) groups excluding carboxylic acids is 2. The topological polar surface area (TPSA) is 86.8 Å². The first-order valence-electron chi connectivity index (χ1n) is 9.29. The molecule has 0 spiro atoms. The van der Waals surface area contributed by atoms with Crippen molar-refractivity contribution in [3.8, 4) is 0 Å². The van der Waals surface area contributed by atoms with E-state index < -0.39 is 21.8 Å². The first-order valence-corrected chi connectivity index (χ1v) is 10.7. The number of fused-ring (bicyclic) bond motifs is 1. The molecule has 2 aliphatic heterocycles. The van der Waals surface area contributed by atoms with Crippen molar-refractivity contribution in [3.63, 3.8) is 0 Å². The predicted octanol–water partition coefficient (Wildman–Crippen LogP) is 1.78. The maximum absolute atomic E-state index is 13.5. The van der Waals surface area contributed by atoms with Gasteiger partial charge in [0.05, 0.1) is 10.8 Å². The molecule has 0 bridgehead atoms. The SMILES string of the molecule is O=C1C[C@H](C(=O)N2CCN(S(=O)(=O)c3ccccc3)CC2)c2ccc(F)cc2N1. The van der Waals surface area contributed by atoms with Crippen molar-refractivity contribution in [1.29, 1.82) is 0 Å². The van der Waals surface area contributed by atoms with Gasteiger partial charge in [-0.1, -0.05) is 24.3 Å². The van der Waals surface area contributed by atoms with E-state index in [9.17, 15) is 22.4 Å². The Labute approximate surface area is 168 Å². The van der Waals surface area contributed by atoms with Gasteiger partial charge in [-0.2, -0.15) is 4.31 Å². The number of piperazine rings is 1. The van der Waals surface area contributed by atoms with Crippen LogP contribution in [0.15, 0.2) is 53.4 Å². The largest absolute Gasteiger partial charge is 0.340 e. The van der Waals surface area contributed by atoms with Crippen molar-refractivity contribution in [2.75, 3.05) is 31.5 Å². The lowest BCUT2D eigenvalue weighted by molar-refractivity contribution is -0.136. The maximum atomic E-state index is 13.5. The Morgan fingerprint density at radius 3 is 2.41 bits per heavy atom. The normalized spacial score (nSPS) is 20.1. The van der Waals surface area contributed by atoms with Crippen molar-refractivity contribution < 1.29 is 22.4 Å². The molecule has 0 aliphatic carbocycles. The van der Waals surface area contributed by atoms with Crippen LogP contribution < -0.4 is 5.32 Å². The number of nitrogens with one attached hydrogen (secondary N) is 1. The van der Waals surface area contributed by atoms with Crippen LogP contribution in [-0.2, 0) is 19.6 Å². The second kappa shape index (κ2) is 7.57. The van der Waals surface area contributed by atoms with Crippen LogP contribution in [0.4, 0.5) is 10.1 Å². The highest BCUT2D eigenvalue weighted by Gasteiger charge is 2.36. The van der Waals surface area contributed by atoms with Gasteiger partial charge in [0.25, 0.3) is 0 Å². The summed E-state index contributed by atoms with van der Waals surface area (Å²) in [6.07, 6.45) is -0.0139. The Hall–Kier alpha value is -2.78. The fourth-order valence-corrected chi connectivity index (χ4v) is 5.21. The highest BCUT2D eigenvalue weighted by Crippen LogP contribution is 2.34. The minimum Gasteiger partial charge on any atom is -0.340 e. The van der Waals surface area contributed by atoms with Gasteiger partial charge >= 0.3 is 0 Å². The first-order chi connectivity index (χ1) is 13.9. The lowest BCUT2D eigenvalue weighted by Gasteiger charge is -2.36. The summed E-state index contributed by atoms with van der Waals surface area (Å²) in [6.45, 7) is 0.829. The van der Waals surface area contributed by atoms with E-state index in [1.165, 1.54) is 22.5 Å². The second-order valence-corrected chi connectivity index (χ2v) is 9.02. The minimum absolute atomic E-state index is 0.0139.